The molecule has 0 atom stereocenters. The van der Waals surface area contributed by atoms with Crippen LogP contribution in [-0.4, -0.2) is 4.57 Å². The number of fused-ring (bicyclic) bond motifs is 7. The Morgan fingerprint density at radius 2 is 1.45 bits per heavy atom. The molecule has 2 heterocycles. The van der Waals surface area contributed by atoms with Crippen LogP contribution in [0.25, 0.3) is 43.7 Å². The number of aryl methyl sites for hydroxylation is 1. The quantitative estimate of drug-likeness (QED) is 0.279. The Morgan fingerprint density at radius 3 is 2.23 bits per heavy atom. The van der Waals surface area contributed by atoms with Crippen LogP contribution in [0.1, 0.15) is 44.1 Å². The Labute approximate surface area is 181 Å². The molecule has 2 heteroatoms. The van der Waals surface area contributed by atoms with E-state index in [1.165, 1.54) is 71.1 Å². The van der Waals surface area contributed by atoms with Crippen molar-refractivity contribution < 1.29 is 4.42 Å². The maximum Gasteiger partial charge on any atom is 0.136 e. The first-order valence-electron chi connectivity index (χ1n) is 12.0. The molecule has 4 saturated carbocycles. The van der Waals surface area contributed by atoms with Crippen molar-refractivity contribution in [2.45, 2.75) is 43.9 Å². The van der Waals surface area contributed by atoms with Gasteiger partial charge in [-0.25, -0.2) is 0 Å². The highest BCUT2D eigenvalue weighted by atomic mass is 16.3. The Hall–Kier alpha value is -2.74. The van der Waals surface area contributed by atoms with Crippen molar-refractivity contribution in [2.24, 2.45) is 24.8 Å². The average Bonchev–Trinajstić information content (AvgIpc) is 3.28. The lowest BCUT2D eigenvalue weighted by Crippen LogP contribution is -2.48. The number of rotatable bonds is 1. The zero-order valence-electron chi connectivity index (χ0n) is 18.0. The molecule has 0 N–H and O–H groups in total. The highest BCUT2D eigenvalue weighted by Gasteiger charge is 2.51. The summed E-state index contributed by atoms with van der Waals surface area (Å²) >= 11 is 0. The number of para-hydroxylation sites is 1. The van der Waals surface area contributed by atoms with E-state index in [0.717, 1.165) is 28.9 Å². The fourth-order valence-electron chi connectivity index (χ4n) is 8.31. The smallest absolute Gasteiger partial charge is 0.136 e. The van der Waals surface area contributed by atoms with Gasteiger partial charge in [0.05, 0.1) is 0 Å². The molecule has 9 rings (SSSR count). The van der Waals surface area contributed by atoms with Gasteiger partial charge in [-0.15, -0.1) is 0 Å². The zero-order valence-corrected chi connectivity index (χ0v) is 18.0. The van der Waals surface area contributed by atoms with E-state index < -0.39 is 0 Å². The molecule has 0 unspecified atom stereocenters. The first kappa shape index (κ1) is 16.9. The van der Waals surface area contributed by atoms with Crippen LogP contribution in [0.2, 0.25) is 0 Å². The summed E-state index contributed by atoms with van der Waals surface area (Å²) in [6.45, 7) is 0. The Kier molecular flexibility index (Phi) is 3.02. The van der Waals surface area contributed by atoms with Crippen molar-refractivity contribution in [3.63, 3.8) is 0 Å². The van der Waals surface area contributed by atoms with Crippen LogP contribution >= 0.6 is 0 Å². The van der Waals surface area contributed by atoms with Crippen LogP contribution in [0.4, 0.5) is 0 Å². The van der Waals surface area contributed by atoms with Gasteiger partial charge in [-0.05, 0) is 97.6 Å². The van der Waals surface area contributed by atoms with E-state index in [9.17, 15) is 0 Å². The van der Waals surface area contributed by atoms with Crippen molar-refractivity contribution in [1.29, 1.82) is 0 Å². The Morgan fingerprint density at radius 1 is 0.742 bits per heavy atom. The number of nitrogens with zero attached hydrogens (tertiary/aromatic N) is 1. The van der Waals surface area contributed by atoms with Gasteiger partial charge in [0.15, 0.2) is 0 Å². The first-order chi connectivity index (χ1) is 15.2. The molecule has 4 bridgehead atoms. The minimum atomic E-state index is 0.428. The maximum absolute atomic E-state index is 6.24. The molecular weight excluding hydrogens is 378 g/mol. The largest absolute Gasteiger partial charge is 0.456 e. The predicted molar refractivity (Wildman–Crippen MR) is 128 cm³/mol. The van der Waals surface area contributed by atoms with Crippen molar-refractivity contribution >= 4 is 43.7 Å². The first-order valence-corrected chi connectivity index (χ1v) is 12.0. The third-order valence-corrected chi connectivity index (χ3v) is 9.16. The van der Waals surface area contributed by atoms with Crippen LogP contribution in [-0.2, 0) is 12.5 Å². The zero-order chi connectivity index (χ0) is 20.3. The van der Waals surface area contributed by atoms with E-state index in [-0.39, 0.29) is 0 Å². The second-order valence-electron chi connectivity index (χ2n) is 10.9. The number of hydrogen-bond acceptors (Lipinski definition) is 1. The highest BCUT2D eigenvalue weighted by molar-refractivity contribution is 6.27. The topological polar surface area (TPSA) is 18.1 Å². The molecule has 2 nitrogen and oxygen atoms in total. The average molecular weight is 406 g/mol. The van der Waals surface area contributed by atoms with E-state index in [1.807, 2.05) is 0 Å². The van der Waals surface area contributed by atoms with Crippen molar-refractivity contribution in [2.75, 3.05) is 0 Å². The number of benzene rings is 3. The maximum atomic E-state index is 6.24. The summed E-state index contributed by atoms with van der Waals surface area (Å²) in [7, 11) is 2.21. The van der Waals surface area contributed by atoms with Gasteiger partial charge in [-0.1, -0.05) is 24.3 Å². The third-order valence-electron chi connectivity index (χ3n) is 9.16. The van der Waals surface area contributed by atoms with Gasteiger partial charge < -0.3 is 8.98 Å². The summed E-state index contributed by atoms with van der Waals surface area (Å²) < 4.78 is 8.61. The van der Waals surface area contributed by atoms with E-state index in [4.69, 9.17) is 4.42 Å². The summed E-state index contributed by atoms with van der Waals surface area (Å²) in [5.41, 5.74) is 6.66. The number of furan rings is 1. The molecular formula is C29H27NO. The Bertz CT molecular complexity index is 1500. The van der Waals surface area contributed by atoms with E-state index in [2.05, 4.69) is 66.2 Å². The standard InChI is InChI=1S/C29H27NO/c1-30-23-7-6-20(29-14-17-10-18(15-29)12-19(11-17)16-29)13-22(23)27-24(30)8-9-26-28(27)21-4-2-3-5-25(21)31-26/h2-9,13,17-19H,10-12,14-16H2,1H3. The van der Waals surface area contributed by atoms with Crippen molar-refractivity contribution in [3.05, 3.63) is 60.2 Å². The van der Waals surface area contributed by atoms with Crippen LogP contribution in [0, 0.1) is 17.8 Å². The summed E-state index contributed by atoms with van der Waals surface area (Å²) in [5, 5.41) is 5.28. The molecule has 0 amide bonds. The molecule has 5 aromatic rings. The molecule has 2 aromatic heterocycles. The van der Waals surface area contributed by atoms with Gasteiger partial charge in [0.1, 0.15) is 11.2 Å². The minimum Gasteiger partial charge on any atom is -0.456 e. The fourth-order valence-corrected chi connectivity index (χ4v) is 8.31. The monoisotopic (exact) mass is 405 g/mol. The van der Waals surface area contributed by atoms with Crippen LogP contribution in [0.15, 0.2) is 59.0 Å². The fraction of sp³-hybridized carbons (Fsp3) is 0.379. The van der Waals surface area contributed by atoms with Gasteiger partial charge >= 0.3 is 0 Å². The molecule has 4 fully saturated rings. The minimum absolute atomic E-state index is 0.428. The summed E-state index contributed by atoms with van der Waals surface area (Å²) in [5.74, 6) is 2.91. The van der Waals surface area contributed by atoms with Gasteiger partial charge in [0, 0.05) is 39.6 Å². The SMILES string of the molecule is Cn1c2ccc(C34CC5CC(CC(C5)C3)C4)cc2c2c3c(ccc21)oc1ccccc13. The molecule has 0 aliphatic heterocycles. The second kappa shape index (κ2) is 5.54. The van der Waals surface area contributed by atoms with E-state index in [0.29, 0.717) is 5.41 Å². The van der Waals surface area contributed by atoms with E-state index in [1.54, 1.807) is 5.56 Å². The Balaban J connectivity index is 1.45. The molecule has 4 aliphatic carbocycles. The lowest BCUT2D eigenvalue weighted by Gasteiger charge is -2.57. The summed E-state index contributed by atoms with van der Waals surface area (Å²) in [6.07, 6.45) is 8.74. The molecule has 0 saturated heterocycles. The van der Waals surface area contributed by atoms with Crippen LogP contribution in [0.3, 0.4) is 0 Å². The molecule has 154 valence electrons. The van der Waals surface area contributed by atoms with Crippen molar-refractivity contribution in [3.8, 4) is 0 Å². The van der Waals surface area contributed by atoms with Gasteiger partial charge in [0.2, 0.25) is 0 Å². The predicted octanol–water partition coefficient (Wildman–Crippen LogP) is 7.70. The molecule has 3 aromatic carbocycles. The molecule has 0 radical (unpaired) electrons. The van der Waals surface area contributed by atoms with Crippen molar-refractivity contribution in [1.82, 2.24) is 4.57 Å². The van der Waals surface area contributed by atoms with Gasteiger partial charge in [0.25, 0.3) is 0 Å². The van der Waals surface area contributed by atoms with Gasteiger partial charge in [-0.2, -0.15) is 0 Å². The number of aromatic nitrogens is 1. The summed E-state index contributed by atoms with van der Waals surface area (Å²) in [6, 6.07) is 20.3. The highest BCUT2D eigenvalue weighted by Crippen LogP contribution is 2.61. The van der Waals surface area contributed by atoms with Crippen LogP contribution in [0.5, 0.6) is 0 Å². The van der Waals surface area contributed by atoms with E-state index >= 15 is 0 Å². The number of hydrogen-bond donors (Lipinski definition) is 0. The molecule has 0 spiro atoms. The third kappa shape index (κ3) is 2.09. The normalized spacial score (nSPS) is 29.8. The second-order valence-corrected chi connectivity index (χ2v) is 10.9. The molecule has 31 heavy (non-hydrogen) atoms. The lowest BCUT2D eigenvalue weighted by molar-refractivity contribution is -0.00512. The molecule has 4 aliphatic rings. The van der Waals surface area contributed by atoms with Gasteiger partial charge in [-0.3, -0.25) is 0 Å². The lowest BCUT2D eigenvalue weighted by atomic mass is 9.48. The van der Waals surface area contributed by atoms with Crippen LogP contribution < -0.4 is 0 Å². The summed E-state index contributed by atoms with van der Waals surface area (Å²) in [4.78, 5) is 0.